The van der Waals surface area contributed by atoms with Gasteiger partial charge in [-0.1, -0.05) is 6.07 Å². The Labute approximate surface area is 139 Å². The van der Waals surface area contributed by atoms with Crippen molar-refractivity contribution in [2.75, 3.05) is 20.8 Å². The lowest BCUT2D eigenvalue weighted by Gasteiger charge is -2.15. The van der Waals surface area contributed by atoms with E-state index in [0.29, 0.717) is 17.7 Å². The molecule has 6 heteroatoms. The van der Waals surface area contributed by atoms with Crippen LogP contribution in [0.5, 0.6) is 5.75 Å². The van der Waals surface area contributed by atoms with Gasteiger partial charge in [0, 0.05) is 18.2 Å². The molecule has 1 unspecified atom stereocenters. The number of nitriles is 1. The van der Waals surface area contributed by atoms with Crippen LogP contribution in [0.1, 0.15) is 27.7 Å². The smallest absolute Gasteiger partial charge is 0.168 e. The molecule has 5 nitrogen and oxygen atoms in total. The number of ether oxygens (including phenoxy) is 2. The van der Waals surface area contributed by atoms with Crippen molar-refractivity contribution in [3.05, 3.63) is 45.4 Å². The minimum Gasteiger partial charge on any atom is -0.496 e. The number of aromatic nitrogens is 1. The van der Waals surface area contributed by atoms with Crippen LogP contribution in [0.2, 0.25) is 0 Å². The standard InChI is InChI=1S/C17H18N2O3S/c1-11-10-23-17(19-11)14(15(20)9-21-2)7-13-5-4-12(8-18)6-16(13)22-3/h4-6,10,14H,7,9H2,1-3H3. The SMILES string of the molecule is COCC(=O)C(Cc1ccc(C#N)cc1OC)c1nc(C)cs1. The molecular formula is C17H18N2O3S. The summed E-state index contributed by atoms with van der Waals surface area (Å²) in [5.41, 5.74) is 2.29. The lowest BCUT2D eigenvalue weighted by Crippen LogP contribution is -2.20. The van der Waals surface area contributed by atoms with Crippen molar-refractivity contribution in [1.29, 1.82) is 5.26 Å². The van der Waals surface area contributed by atoms with Crippen LogP contribution in [-0.2, 0) is 16.0 Å². The number of aryl methyl sites for hydroxylation is 1. The summed E-state index contributed by atoms with van der Waals surface area (Å²) in [4.78, 5) is 16.9. The number of hydrogen-bond donors (Lipinski definition) is 0. The number of carbonyl (C=O) groups excluding carboxylic acids is 1. The molecule has 0 bridgehead atoms. The molecule has 0 spiro atoms. The van der Waals surface area contributed by atoms with Gasteiger partial charge < -0.3 is 9.47 Å². The molecule has 1 aromatic heterocycles. The minimum atomic E-state index is -0.379. The molecule has 1 atom stereocenters. The van der Waals surface area contributed by atoms with Gasteiger partial charge in [0.1, 0.15) is 17.4 Å². The number of benzene rings is 1. The van der Waals surface area contributed by atoms with E-state index >= 15 is 0 Å². The average Bonchev–Trinajstić information content (AvgIpc) is 2.98. The highest BCUT2D eigenvalue weighted by Crippen LogP contribution is 2.30. The van der Waals surface area contributed by atoms with Crippen molar-refractivity contribution in [3.8, 4) is 11.8 Å². The number of nitrogens with zero attached hydrogens (tertiary/aromatic N) is 2. The summed E-state index contributed by atoms with van der Waals surface area (Å²) >= 11 is 1.47. The van der Waals surface area contributed by atoms with Crippen LogP contribution >= 0.6 is 11.3 Å². The Morgan fingerprint density at radius 2 is 2.22 bits per heavy atom. The number of ketones is 1. The van der Waals surface area contributed by atoms with Gasteiger partial charge in [-0.25, -0.2) is 4.98 Å². The number of thiazole rings is 1. The number of rotatable bonds is 7. The van der Waals surface area contributed by atoms with Gasteiger partial charge in [-0.05, 0) is 31.0 Å². The van der Waals surface area contributed by atoms with E-state index in [-0.39, 0.29) is 18.3 Å². The van der Waals surface area contributed by atoms with Gasteiger partial charge in [0.25, 0.3) is 0 Å². The van der Waals surface area contributed by atoms with Crippen LogP contribution in [0.4, 0.5) is 0 Å². The summed E-state index contributed by atoms with van der Waals surface area (Å²) in [6.07, 6.45) is 0.462. The highest BCUT2D eigenvalue weighted by molar-refractivity contribution is 7.09. The van der Waals surface area contributed by atoms with Crippen molar-refractivity contribution in [1.82, 2.24) is 4.98 Å². The summed E-state index contributed by atoms with van der Waals surface area (Å²) in [7, 11) is 3.06. The molecule has 0 aliphatic rings. The molecule has 0 amide bonds. The molecule has 0 N–H and O–H groups in total. The zero-order chi connectivity index (χ0) is 16.8. The lowest BCUT2D eigenvalue weighted by atomic mass is 9.94. The Bertz CT molecular complexity index is 734. The summed E-state index contributed by atoms with van der Waals surface area (Å²) in [6, 6.07) is 7.31. The predicted molar refractivity (Wildman–Crippen MR) is 87.9 cm³/mol. The van der Waals surface area contributed by atoms with Crippen LogP contribution in [0.25, 0.3) is 0 Å². The maximum Gasteiger partial charge on any atom is 0.168 e. The second kappa shape index (κ2) is 7.86. The van der Waals surface area contributed by atoms with Crippen LogP contribution in [0, 0.1) is 18.3 Å². The van der Waals surface area contributed by atoms with Crippen LogP contribution in [0.15, 0.2) is 23.6 Å². The molecule has 0 aliphatic carbocycles. The van der Waals surface area contributed by atoms with Crippen molar-refractivity contribution in [2.24, 2.45) is 0 Å². The molecule has 1 heterocycles. The maximum atomic E-state index is 12.4. The summed E-state index contributed by atoms with van der Waals surface area (Å²) in [5.74, 6) is 0.205. The first-order chi connectivity index (χ1) is 11.1. The third-order valence-electron chi connectivity index (χ3n) is 3.45. The quantitative estimate of drug-likeness (QED) is 0.780. The lowest BCUT2D eigenvalue weighted by molar-refractivity contribution is -0.124. The molecule has 1 aromatic carbocycles. The topological polar surface area (TPSA) is 72.2 Å². The summed E-state index contributed by atoms with van der Waals surface area (Å²) in [5, 5.41) is 11.7. The summed E-state index contributed by atoms with van der Waals surface area (Å²) < 4.78 is 10.4. The Morgan fingerprint density at radius 1 is 1.43 bits per heavy atom. The Hall–Kier alpha value is -2.23. The maximum absolute atomic E-state index is 12.4. The zero-order valence-corrected chi connectivity index (χ0v) is 14.1. The Morgan fingerprint density at radius 3 is 2.78 bits per heavy atom. The first-order valence-electron chi connectivity index (χ1n) is 7.09. The predicted octanol–water partition coefficient (Wildman–Crippen LogP) is 2.87. The molecular weight excluding hydrogens is 312 g/mol. The van der Waals surface area contributed by atoms with Crippen LogP contribution in [0.3, 0.4) is 0 Å². The van der Waals surface area contributed by atoms with Gasteiger partial charge in [0.2, 0.25) is 0 Å². The fourth-order valence-corrected chi connectivity index (χ4v) is 3.24. The van der Waals surface area contributed by atoms with Gasteiger partial charge >= 0.3 is 0 Å². The third kappa shape index (κ3) is 4.15. The first kappa shape index (κ1) is 17.1. The first-order valence-corrected chi connectivity index (χ1v) is 7.97. The third-order valence-corrected chi connectivity index (χ3v) is 4.53. The van der Waals surface area contributed by atoms with Crippen molar-refractivity contribution in [3.63, 3.8) is 0 Å². The number of hydrogen-bond acceptors (Lipinski definition) is 6. The van der Waals surface area contributed by atoms with E-state index in [9.17, 15) is 4.79 Å². The second-order valence-corrected chi connectivity index (χ2v) is 6.01. The van der Waals surface area contributed by atoms with Crippen molar-refractivity contribution < 1.29 is 14.3 Å². The number of methoxy groups -OCH3 is 2. The highest BCUT2D eigenvalue weighted by atomic mass is 32.1. The van der Waals surface area contributed by atoms with Gasteiger partial charge in [-0.2, -0.15) is 5.26 Å². The monoisotopic (exact) mass is 330 g/mol. The van der Waals surface area contributed by atoms with Crippen LogP contribution < -0.4 is 4.74 Å². The molecule has 120 valence electrons. The number of carbonyl (C=O) groups is 1. The van der Waals surface area contributed by atoms with Crippen LogP contribution in [-0.4, -0.2) is 31.6 Å². The van der Waals surface area contributed by atoms with E-state index in [1.807, 2.05) is 18.4 Å². The van der Waals surface area contributed by atoms with E-state index < -0.39 is 0 Å². The second-order valence-electron chi connectivity index (χ2n) is 5.12. The molecule has 0 aliphatic heterocycles. The average molecular weight is 330 g/mol. The highest BCUT2D eigenvalue weighted by Gasteiger charge is 2.25. The molecule has 0 saturated heterocycles. The molecule has 2 aromatic rings. The normalized spacial score (nSPS) is 11.7. The molecule has 0 radical (unpaired) electrons. The van der Waals surface area contributed by atoms with E-state index in [0.717, 1.165) is 16.3 Å². The van der Waals surface area contributed by atoms with Gasteiger partial charge in [0.05, 0.1) is 24.7 Å². The fourth-order valence-electron chi connectivity index (χ4n) is 2.32. The minimum absolute atomic E-state index is 0.0201. The van der Waals surface area contributed by atoms with Crippen molar-refractivity contribution >= 4 is 17.1 Å². The zero-order valence-electron chi connectivity index (χ0n) is 13.3. The van der Waals surface area contributed by atoms with Gasteiger partial charge in [-0.15, -0.1) is 11.3 Å². The van der Waals surface area contributed by atoms with E-state index in [4.69, 9.17) is 14.7 Å². The fraction of sp³-hybridized carbons (Fsp3) is 0.353. The molecule has 0 fully saturated rings. The van der Waals surface area contributed by atoms with Gasteiger partial charge in [0.15, 0.2) is 5.78 Å². The molecule has 2 rings (SSSR count). The van der Waals surface area contributed by atoms with E-state index in [2.05, 4.69) is 11.1 Å². The van der Waals surface area contributed by atoms with E-state index in [1.165, 1.54) is 18.4 Å². The Balaban J connectivity index is 2.34. The molecule has 0 saturated carbocycles. The Kier molecular flexibility index (Phi) is 5.85. The largest absolute Gasteiger partial charge is 0.496 e. The number of Topliss-reactive ketones (excluding diaryl/α,β-unsaturated/α-hetero) is 1. The van der Waals surface area contributed by atoms with E-state index in [1.54, 1.807) is 19.2 Å². The summed E-state index contributed by atoms with van der Waals surface area (Å²) in [6.45, 7) is 1.95. The van der Waals surface area contributed by atoms with Crippen molar-refractivity contribution in [2.45, 2.75) is 19.3 Å². The van der Waals surface area contributed by atoms with Gasteiger partial charge in [-0.3, -0.25) is 4.79 Å². The molecule has 23 heavy (non-hydrogen) atoms.